The van der Waals surface area contributed by atoms with Gasteiger partial charge in [-0.1, -0.05) is 18.2 Å². The highest BCUT2D eigenvalue weighted by molar-refractivity contribution is 6.32. The summed E-state index contributed by atoms with van der Waals surface area (Å²) >= 11 is 0. The zero-order valence-electron chi connectivity index (χ0n) is 11.5. The maximum absolute atomic E-state index is 12.1. The fourth-order valence-corrected chi connectivity index (χ4v) is 1.45. The van der Waals surface area contributed by atoms with E-state index in [4.69, 9.17) is 11.1 Å². The van der Waals surface area contributed by atoms with Crippen LogP contribution in [0.2, 0.25) is 0 Å². The molecule has 1 aromatic carbocycles. The first-order chi connectivity index (χ1) is 8.90. The third kappa shape index (κ3) is 3.38. The van der Waals surface area contributed by atoms with E-state index < -0.39 is 23.2 Å². The van der Waals surface area contributed by atoms with E-state index in [0.29, 0.717) is 0 Å². The Morgan fingerprint density at radius 1 is 1.15 bits per heavy atom. The molecule has 0 radical (unpaired) electrons. The lowest BCUT2D eigenvalue weighted by molar-refractivity contribution is -0.124. The molecule has 7 nitrogen and oxygen atoms in total. The molecule has 0 saturated heterocycles. The van der Waals surface area contributed by atoms with Crippen LogP contribution in [-0.2, 0) is 4.79 Å². The molecule has 20 heavy (non-hydrogen) atoms. The standard InChI is InChI=1S/C13H12N3O3.H3N/c1-16(2)13(19)10(7-14)11(17)8-5-3-4-6-9(8)12(15)18;/h3-6H,1-2H3,(H2,15,18);1H3/q-1;/p+1. The summed E-state index contributed by atoms with van der Waals surface area (Å²) in [7, 11) is 2.85. The van der Waals surface area contributed by atoms with Crippen LogP contribution in [0.1, 0.15) is 20.7 Å². The average molecular weight is 276 g/mol. The third-order valence-electron chi connectivity index (χ3n) is 2.40. The topological polar surface area (TPSA) is 139 Å². The summed E-state index contributed by atoms with van der Waals surface area (Å²) in [6, 6.07) is 5.78. The number of ketones is 1. The van der Waals surface area contributed by atoms with E-state index in [0.717, 1.165) is 4.90 Å². The van der Waals surface area contributed by atoms with Gasteiger partial charge in [0.05, 0.1) is 5.56 Å². The number of nitrogens with zero attached hydrogens (tertiary/aromatic N) is 2. The van der Waals surface area contributed by atoms with Gasteiger partial charge >= 0.3 is 0 Å². The molecule has 0 saturated carbocycles. The number of quaternary nitrogens is 1. The lowest BCUT2D eigenvalue weighted by Crippen LogP contribution is -2.29. The van der Waals surface area contributed by atoms with Crippen LogP contribution < -0.4 is 11.9 Å². The second-order valence-electron chi connectivity index (χ2n) is 3.93. The molecule has 7 heteroatoms. The second kappa shape index (κ2) is 6.98. The number of benzene rings is 1. The number of carbonyl (C=O) groups excluding carboxylic acids is 3. The Bertz CT molecular complexity index is 601. The number of hydrogen-bond donors (Lipinski definition) is 2. The molecule has 106 valence electrons. The minimum Gasteiger partial charge on any atom is -0.763 e. The van der Waals surface area contributed by atoms with E-state index in [2.05, 4.69) is 0 Å². The highest BCUT2D eigenvalue weighted by atomic mass is 16.2. The molecule has 6 N–H and O–H groups in total. The van der Waals surface area contributed by atoms with Crippen molar-refractivity contribution in [2.24, 2.45) is 5.73 Å². The van der Waals surface area contributed by atoms with Gasteiger partial charge in [0.25, 0.3) is 5.91 Å². The molecule has 0 aromatic heterocycles. The lowest BCUT2D eigenvalue weighted by atomic mass is 9.98. The van der Waals surface area contributed by atoms with Crippen molar-refractivity contribution >= 4 is 23.5 Å². The zero-order valence-corrected chi connectivity index (χ0v) is 11.5. The molecule has 0 spiro atoms. The molecule has 1 rings (SSSR count). The number of carbonyl (C=O) groups is 3. The molecule has 0 heterocycles. The van der Waals surface area contributed by atoms with Crippen LogP contribution in [0.15, 0.2) is 29.8 Å². The third-order valence-corrected chi connectivity index (χ3v) is 2.40. The number of rotatable bonds is 4. The molecule has 0 aliphatic carbocycles. The van der Waals surface area contributed by atoms with Crippen molar-refractivity contribution in [3.8, 4) is 0 Å². The predicted octanol–water partition coefficient (Wildman–Crippen LogP) is 0.598. The number of primary amides is 1. The molecule has 0 aliphatic rings. The average Bonchev–Trinajstić information content (AvgIpc) is 2.39. The van der Waals surface area contributed by atoms with Gasteiger partial charge in [-0.2, -0.15) is 0 Å². The normalized spacial score (nSPS) is 8.90. The molecular weight excluding hydrogens is 260 g/mol. The van der Waals surface area contributed by atoms with Crippen LogP contribution in [0.4, 0.5) is 0 Å². The summed E-state index contributed by atoms with van der Waals surface area (Å²) in [5, 5.41) is 8.94. The second-order valence-corrected chi connectivity index (χ2v) is 3.93. The van der Waals surface area contributed by atoms with Crippen LogP contribution in [0, 0.1) is 0 Å². The summed E-state index contributed by atoms with van der Waals surface area (Å²) in [5.74, 6) is -0.747. The first kappa shape index (κ1) is 17.2. The van der Waals surface area contributed by atoms with E-state index in [1.54, 1.807) is 5.87 Å². The molecule has 0 bridgehead atoms. The van der Waals surface area contributed by atoms with Crippen molar-refractivity contribution < 1.29 is 14.4 Å². The molecule has 0 atom stereocenters. The fraction of sp³-hybridized carbons (Fsp3) is 0.154. The van der Waals surface area contributed by atoms with Crippen molar-refractivity contribution in [2.45, 2.75) is 0 Å². The largest absolute Gasteiger partial charge is 0.763 e. The molecule has 0 aliphatic heterocycles. The first-order valence-electron chi connectivity index (χ1n) is 5.32. The monoisotopic (exact) mass is 276 g/mol. The Morgan fingerprint density at radius 3 is 2.05 bits per heavy atom. The first-order valence-corrected chi connectivity index (χ1v) is 5.32. The van der Waals surface area contributed by atoms with E-state index in [-0.39, 0.29) is 17.3 Å². The summed E-state index contributed by atoms with van der Waals surface area (Å²) in [5.41, 5.74) is 4.52. The van der Waals surface area contributed by atoms with Gasteiger partial charge in [0.1, 0.15) is 5.57 Å². The Labute approximate surface area is 116 Å². The summed E-state index contributed by atoms with van der Waals surface area (Å²) in [4.78, 5) is 36.2. The quantitative estimate of drug-likeness (QED) is 0.273. The summed E-state index contributed by atoms with van der Waals surface area (Å²) < 4.78 is 0. The van der Waals surface area contributed by atoms with Crippen LogP contribution in [0.3, 0.4) is 0 Å². The summed E-state index contributed by atoms with van der Waals surface area (Å²) in [6.45, 7) is 0. The van der Waals surface area contributed by atoms with Crippen molar-refractivity contribution in [1.29, 1.82) is 0 Å². The van der Waals surface area contributed by atoms with Gasteiger partial charge < -0.3 is 22.2 Å². The van der Waals surface area contributed by atoms with Crippen molar-refractivity contribution in [3.05, 3.63) is 46.4 Å². The van der Waals surface area contributed by atoms with Gasteiger partial charge in [-0.05, 0) is 6.07 Å². The molecule has 0 unspecified atom stereocenters. The van der Waals surface area contributed by atoms with Crippen molar-refractivity contribution in [2.75, 3.05) is 14.1 Å². The fourth-order valence-electron chi connectivity index (χ4n) is 1.45. The van der Waals surface area contributed by atoms with Crippen LogP contribution in [0.25, 0.3) is 5.41 Å². The van der Waals surface area contributed by atoms with Gasteiger partial charge in [0.2, 0.25) is 11.7 Å². The van der Waals surface area contributed by atoms with Gasteiger partial charge in [0.15, 0.2) is 0 Å². The number of likely N-dealkylation sites (N-methyl/N-ethyl adjacent to an activating group) is 1. The minimum absolute atomic E-state index is 0. The number of Topliss-reactive ketones (excluding diaryl/α,β-unsaturated/α-hetero) is 1. The molecule has 1 aromatic rings. The Balaban J connectivity index is 0.00000361. The number of nitrogens with two attached hydrogens (primary N) is 1. The number of hydrogen-bond acceptors (Lipinski definition) is 3. The van der Waals surface area contributed by atoms with Crippen LogP contribution in [-0.4, -0.2) is 42.5 Å². The molecule has 2 amide bonds. The van der Waals surface area contributed by atoms with Gasteiger partial charge in [0, 0.05) is 19.7 Å². The maximum atomic E-state index is 12.1. The highest BCUT2D eigenvalue weighted by Gasteiger charge is 2.23. The summed E-state index contributed by atoms with van der Waals surface area (Å²) in [6.07, 6.45) is 0. The molecular formula is C13H16N4O3. The van der Waals surface area contributed by atoms with E-state index in [1.807, 2.05) is 0 Å². The molecule has 0 fully saturated rings. The van der Waals surface area contributed by atoms with Gasteiger partial charge in [-0.25, -0.2) is 0 Å². The lowest BCUT2D eigenvalue weighted by Gasteiger charge is -2.13. The van der Waals surface area contributed by atoms with Crippen LogP contribution in [0.5, 0.6) is 0 Å². The highest BCUT2D eigenvalue weighted by Crippen LogP contribution is 2.13. The van der Waals surface area contributed by atoms with Crippen LogP contribution >= 0.6 is 0 Å². The Hall–Kier alpha value is -2.76. The van der Waals surface area contributed by atoms with Gasteiger partial charge in [-0.15, -0.1) is 0 Å². The predicted molar refractivity (Wildman–Crippen MR) is 75.8 cm³/mol. The van der Waals surface area contributed by atoms with Crippen molar-refractivity contribution in [3.63, 3.8) is 0 Å². The van der Waals surface area contributed by atoms with E-state index in [1.165, 1.54) is 38.4 Å². The SMILES string of the molecule is CN(C)C(=O)C(=C=[N-])C(=O)c1ccccc1C(N)=O.[NH4+]. The Morgan fingerprint density at radius 2 is 1.65 bits per heavy atom. The Kier molecular flexibility index (Phi) is 6.02. The zero-order chi connectivity index (χ0) is 14.6. The van der Waals surface area contributed by atoms with E-state index >= 15 is 0 Å². The number of amides is 2. The van der Waals surface area contributed by atoms with E-state index in [9.17, 15) is 14.4 Å². The minimum atomic E-state index is -0.810. The van der Waals surface area contributed by atoms with Gasteiger partial charge in [-0.3, -0.25) is 20.3 Å². The maximum Gasteiger partial charge on any atom is 0.263 e. The van der Waals surface area contributed by atoms with Crippen molar-refractivity contribution in [1.82, 2.24) is 11.1 Å². The smallest absolute Gasteiger partial charge is 0.263 e.